The van der Waals surface area contributed by atoms with Gasteiger partial charge in [0.15, 0.2) is 6.29 Å². The molecule has 1 rings (SSSR count). The van der Waals surface area contributed by atoms with Crippen molar-refractivity contribution in [2.45, 2.75) is 83.9 Å². The van der Waals surface area contributed by atoms with Gasteiger partial charge in [0.2, 0.25) is 0 Å². The Balaban J connectivity index is 0.00000625. The topological polar surface area (TPSA) is 71.8 Å². The van der Waals surface area contributed by atoms with E-state index < -0.39 is 11.6 Å². The van der Waals surface area contributed by atoms with Gasteiger partial charge in [0.1, 0.15) is 5.78 Å². The van der Waals surface area contributed by atoms with Crippen LogP contribution in [0.2, 0.25) is 0 Å². The van der Waals surface area contributed by atoms with Gasteiger partial charge in [0.05, 0.1) is 18.2 Å². The van der Waals surface area contributed by atoms with Crippen LogP contribution in [0.25, 0.3) is 5.73 Å². The molecular weight excluding hydrogens is 547 g/mol. The summed E-state index contributed by atoms with van der Waals surface area (Å²) in [6, 6.07) is -0.683. The minimum Gasteiger partial charge on any atom is -0.671 e. The van der Waals surface area contributed by atoms with Crippen LogP contribution in [0.5, 0.6) is 0 Å². The Bertz CT molecular complexity index is 412. The average Bonchev–Trinajstić information content (AvgIpc) is 2.91. The van der Waals surface area contributed by atoms with Crippen molar-refractivity contribution in [1.29, 1.82) is 0 Å². The van der Waals surface area contributed by atoms with E-state index in [0.29, 0.717) is 13.2 Å². The number of ether oxygens (including phenoxy) is 3. The fraction of sp³-hybridized carbons (Fsp3) is 0.947. The molecule has 7 heteroatoms. The summed E-state index contributed by atoms with van der Waals surface area (Å²) in [5.74, 6) is 0.257. The summed E-state index contributed by atoms with van der Waals surface area (Å²) in [6.45, 7) is 10.7. The number of hydrogen-bond acceptors (Lipinski definition) is 5. The second kappa shape index (κ2) is 12.5. The van der Waals surface area contributed by atoms with Crippen LogP contribution in [0.4, 0.5) is 0 Å². The zero-order valence-electron chi connectivity index (χ0n) is 17.6. The van der Waals surface area contributed by atoms with Crippen LogP contribution in [0.15, 0.2) is 0 Å². The first-order chi connectivity index (χ1) is 11.8. The number of nitrogens with one attached hydrogen (secondary N) is 1. The molecule has 0 bridgehead atoms. The summed E-state index contributed by atoms with van der Waals surface area (Å²) in [5, 5.41) is 0. The Morgan fingerprint density at radius 1 is 1.27 bits per heavy atom. The normalized spacial score (nSPS) is 26.4. The summed E-state index contributed by atoms with van der Waals surface area (Å²) in [7, 11) is 3.64. The van der Waals surface area contributed by atoms with Crippen molar-refractivity contribution in [2.75, 3.05) is 27.4 Å². The van der Waals surface area contributed by atoms with Crippen LogP contribution in [-0.4, -0.2) is 68.1 Å². The number of rotatable bonds is 11. The molecule has 1 heterocycles. The van der Waals surface area contributed by atoms with E-state index in [9.17, 15) is 4.79 Å². The van der Waals surface area contributed by atoms with Gasteiger partial charge in [-0.25, -0.2) is 0 Å². The molecule has 0 aliphatic carbocycles. The van der Waals surface area contributed by atoms with E-state index in [4.69, 9.17) is 19.9 Å². The third-order valence-corrected chi connectivity index (χ3v) is 5.90. The Hall–Kier alpha value is 0.912. The SMILES string of the molecule is CCOC(C)OCC1CC(C(C)=O)N(C)C1C([NH-])C(CC)(CC)OC.[Ac]. The number of nitrogens with zero attached hydrogens (tertiary/aromatic N) is 1. The molecule has 5 atom stereocenters. The van der Waals surface area contributed by atoms with Crippen molar-refractivity contribution >= 4 is 5.78 Å². The van der Waals surface area contributed by atoms with E-state index in [-0.39, 0.29) is 74.1 Å². The van der Waals surface area contributed by atoms with E-state index in [1.807, 2.05) is 20.9 Å². The van der Waals surface area contributed by atoms with Gasteiger partial charge in [-0.3, -0.25) is 9.69 Å². The van der Waals surface area contributed by atoms with Crippen LogP contribution >= 0.6 is 0 Å². The average molecular weight is 585 g/mol. The minimum absolute atomic E-state index is 0. The number of hydrogen-bond donors (Lipinski definition) is 0. The van der Waals surface area contributed by atoms with Gasteiger partial charge in [-0.15, -0.1) is 0 Å². The fourth-order valence-electron chi connectivity index (χ4n) is 4.22. The maximum absolute atomic E-state index is 12.1. The van der Waals surface area contributed by atoms with Crippen molar-refractivity contribution in [2.24, 2.45) is 5.92 Å². The maximum Gasteiger partial charge on any atom is 0.154 e. The first-order valence-electron chi connectivity index (χ1n) is 9.49. The van der Waals surface area contributed by atoms with Crippen LogP contribution in [0, 0.1) is 50.0 Å². The van der Waals surface area contributed by atoms with Crippen LogP contribution in [0.3, 0.4) is 0 Å². The first-order valence-corrected chi connectivity index (χ1v) is 9.49. The molecule has 0 aromatic heterocycles. The Morgan fingerprint density at radius 3 is 2.27 bits per heavy atom. The standard InChI is InChI=1S/C19H37N2O4.Ac/c1-8-19(9-2,23-7)18(20)17-15(12-25-14(5)24-10-3)11-16(13(4)22)21(17)6;/h14-18,20H,8-12H2,1-7H3;/q-1;. The third-order valence-electron chi connectivity index (χ3n) is 5.90. The predicted molar refractivity (Wildman–Crippen MR) is 99.6 cm³/mol. The summed E-state index contributed by atoms with van der Waals surface area (Å²) in [6.07, 6.45) is 1.98. The predicted octanol–water partition coefficient (Wildman–Crippen LogP) is 3.29. The maximum atomic E-state index is 12.1. The summed E-state index contributed by atoms with van der Waals surface area (Å²) in [4.78, 5) is 14.1. The number of likely N-dealkylation sites (tertiary alicyclic amines) is 1. The third kappa shape index (κ3) is 6.20. The molecule has 0 amide bonds. The molecule has 1 radical (unpaired) electrons. The quantitative estimate of drug-likeness (QED) is 0.349. The molecule has 0 aromatic rings. The molecule has 6 nitrogen and oxygen atoms in total. The van der Waals surface area contributed by atoms with E-state index in [2.05, 4.69) is 18.7 Å². The van der Waals surface area contributed by atoms with Gasteiger partial charge in [0.25, 0.3) is 0 Å². The van der Waals surface area contributed by atoms with E-state index in [1.165, 1.54) is 0 Å². The molecule has 26 heavy (non-hydrogen) atoms. The van der Waals surface area contributed by atoms with Crippen LogP contribution in [-0.2, 0) is 19.0 Å². The second-order valence-corrected chi connectivity index (χ2v) is 7.09. The van der Waals surface area contributed by atoms with Crippen molar-refractivity contribution < 1.29 is 63.1 Å². The molecule has 0 saturated carbocycles. The largest absolute Gasteiger partial charge is 0.671 e. The summed E-state index contributed by atoms with van der Waals surface area (Å²) in [5.41, 5.74) is 8.46. The Kier molecular flexibility index (Phi) is 12.9. The van der Waals surface area contributed by atoms with Crippen molar-refractivity contribution in [3.05, 3.63) is 5.73 Å². The van der Waals surface area contributed by atoms with Crippen LogP contribution in [0.1, 0.15) is 53.9 Å². The molecule has 1 fully saturated rings. The number of carbonyl (C=O) groups is 1. The van der Waals surface area contributed by atoms with Crippen molar-refractivity contribution in [3.63, 3.8) is 0 Å². The van der Waals surface area contributed by atoms with Crippen LogP contribution < -0.4 is 0 Å². The van der Waals surface area contributed by atoms with Gasteiger partial charge < -0.3 is 19.9 Å². The molecule has 0 spiro atoms. The number of ketones is 1. The number of Topliss-reactive ketones (excluding diaryl/α,β-unsaturated/α-hetero) is 1. The van der Waals surface area contributed by atoms with Gasteiger partial charge in [-0.1, -0.05) is 19.9 Å². The van der Waals surface area contributed by atoms with Gasteiger partial charge in [-0.2, -0.15) is 0 Å². The van der Waals surface area contributed by atoms with Gasteiger partial charge in [0, 0.05) is 63.8 Å². The Labute approximate surface area is 195 Å². The monoisotopic (exact) mass is 584 g/mol. The minimum atomic E-state index is -0.506. The van der Waals surface area contributed by atoms with E-state index in [1.54, 1.807) is 14.0 Å². The number of likely N-dealkylation sites (N-methyl/N-ethyl adjacent to an activating group) is 1. The van der Waals surface area contributed by atoms with Crippen molar-refractivity contribution in [1.82, 2.24) is 4.90 Å². The molecule has 1 saturated heterocycles. The van der Waals surface area contributed by atoms with E-state index in [0.717, 1.165) is 19.3 Å². The first kappa shape index (κ1) is 26.9. The Morgan fingerprint density at radius 2 is 1.85 bits per heavy atom. The number of carbonyl (C=O) groups excluding carboxylic acids is 1. The zero-order chi connectivity index (χ0) is 19.2. The molecule has 1 aliphatic rings. The molecule has 0 aromatic carbocycles. The fourth-order valence-corrected chi connectivity index (χ4v) is 4.22. The molecule has 151 valence electrons. The molecule has 1 aliphatic heterocycles. The summed E-state index contributed by atoms with van der Waals surface area (Å²) >= 11 is 0. The van der Waals surface area contributed by atoms with E-state index >= 15 is 0 Å². The molecular formula is C19H37AcN2O4-. The van der Waals surface area contributed by atoms with Gasteiger partial charge >= 0.3 is 0 Å². The van der Waals surface area contributed by atoms with Crippen molar-refractivity contribution in [3.8, 4) is 0 Å². The number of methoxy groups -OCH3 is 1. The zero-order valence-corrected chi connectivity index (χ0v) is 22.3. The van der Waals surface area contributed by atoms with Gasteiger partial charge in [-0.05, 0) is 53.0 Å². The molecule has 5 unspecified atom stereocenters. The second-order valence-electron chi connectivity index (χ2n) is 7.09. The smallest absolute Gasteiger partial charge is 0.154 e. The molecule has 1 N–H and O–H groups in total. The summed E-state index contributed by atoms with van der Waals surface area (Å²) < 4.78 is 17.1.